The Bertz CT molecular complexity index is 431. The van der Waals surface area contributed by atoms with Crippen LogP contribution in [-0.2, 0) is 6.54 Å². The maximum Gasteiger partial charge on any atom is 0.0897 e. The maximum atomic E-state index is 4.57. The first kappa shape index (κ1) is 14.4. The molecule has 2 aliphatic rings. The highest BCUT2D eigenvalue weighted by Gasteiger charge is 2.31. The zero-order valence-electron chi connectivity index (χ0n) is 12.7. The molecule has 112 valence electrons. The van der Waals surface area contributed by atoms with Crippen molar-refractivity contribution in [3.8, 4) is 0 Å². The van der Waals surface area contributed by atoms with Gasteiger partial charge in [0.1, 0.15) is 0 Å². The van der Waals surface area contributed by atoms with E-state index in [1.807, 2.05) is 0 Å². The molecular formula is C15H26N4S. The molecule has 3 rings (SSSR count). The smallest absolute Gasteiger partial charge is 0.0897 e. The van der Waals surface area contributed by atoms with Gasteiger partial charge in [-0.15, -0.1) is 11.3 Å². The van der Waals surface area contributed by atoms with Crippen LogP contribution < -0.4 is 5.32 Å². The van der Waals surface area contributed by atoms with Crippen LogP contribution in [0.2, 0.25) is 0 Å². The fourth-order valence-corrected chi connectivity index (χ4v) is 3.96. The summed E-state index contributed by atoms with van der Waals surface area (Å²) in [4.78, 5) is 9.76. The van der Waals surface area contributed by atoms with Crippen molar-refractivity contribution in [3.05, 3.63) is 16.1 Å². The number of aromatic nitrogens is 1. The highest BCUT2D eigenvalue weighted by molar-refractivity contribution is 7.09. The third-order valence-electron chi connectivity index (χ3n) is 4.58. The molecule has 2 saturated heterocycles. The molecule has 0 radical (unpaired) electrons. The normalized spacial score (nSPS) is 29.1. The summed E-state index contributed by atoms with van der Waals surface area (Å²) in [6, 6.07) is 0. The van der Waals surface area contributed by atoms with E-state index in [-0.39, 0.29) is 0 Å². The molecule has 0 saturated carbocycles. The summed E-state index contributed by atoms with van der Waals surface area (Å²) in [6.07, 6.45) is 1.32. The van der Waals surface area contributed by atoms with E-state index in [0.717, 1.165) is 6.54 Å². The Morgan fingerprint density at radius 2 is 2.05 bits per heavy atom. The lowest BCUT2D eigenvalue weighted by Crippen LogP contribution is -2.49. The number of piperazine rings is 1. The van der Waals surface area contributed by atoms with E-state index in [2.05, 4.69) is 39.3 Å². The number of thiazole rings is 1. The zero-order chi connectivity index (χ0) is 14.0. The SMILES string of the molecule is Cc1nc(CN2CCN(CC3(C)CCNC3)CC2)cs1. The molecule has 0 aliphatic carbocycles. The minimum Gasteiger partial charge on any atom is -0.316 e. The lowest BCUT2D eigenvalue weighted by molar-refractivity contribution is 0.0927. The molecule has 1 aromatic heterocycles. The van der Waals surface area contributed by atoms with Gasteiger partial charge < -0.3 is 10.2 Å². The highest BCUT2D eigenvalue weighted by atomic mass is 32.1. The minimum atomic E-state index is 0.494. The molecule has 3 heterocycles. The number of nitrogens with one attached hydrogen (secondary N) is 1. The first-order valence-corrected chi connectivity index (χ1v) is 8.57. The van der Waals surface area contributed by atoms with Crippen LogP contribution in [-0.4, -0.2) is 60.6 Å². The third-order valence-corrected chi connectivity index (χ3v) is 5.40. The van der Waals surface area contributed by atoms with Gasteiger partial charge in [0.2, 0.25) is 0 Å². The molecule has 0 aromatic carbocycles. The summed E-state index contributed by atoms with van der Waals surface area (Å²) in [5, 5.41) is 6.88. The van der Waals surface area contributed by atoms with Crippen LogP contribution in [0.15, 0.2) is 5.38 Å². The number of rotatable bonds is 4. The fraction of sp³-hybridized carbons (Fsp3) is 0.800. The van der Waals surface area contributed by atoms with Crippen molar-refractivity contribution in [1.29, 1.82) is 0 Å². The first-order chi connectivity index (χ1) is 9.63. The van der Waals surface area contributed by atoms with E-state index in [4.69, 9.17) is 0 Å². The van der Waals surface area contributed by atoms with E-state index >= 15 is 0 Å². The largest absolute Gasteiger partial charge is 0.316 e. The molecule has 4 nitrogen and oxygen atoms in total. The standard InChI is InChI=1S/C15H26N4S/c1-13-17-14(10-20-13)9-18-5-7-19(8-6-18)12-15(2)3-4-16-11-15/h10,16H,3-9,11-12H2,1-2H3. The zero-order valence-corrected chi connectivity index (χ0v) is 13.5. The van der Waals surface area contributed by atoms with Crippen LogP contribution in [0.3, 0.4) is 0 Å². The van der Waals surface area contributed by atoms with E-state index < -0.39 is 0 Å². The molecule has 0 amide bonds. The molecule has 1 aromatic rings. The van der Waals surface area contributed by atoms with Gasteiger partial charge in [-0.3, -0.25) is 4.90 Å². The van der Waals surface area contributed by atoms with Crippen molar-refractivity contribution < 1.29 is 0 Å². The lowest BCUT2D eigenvalue weighted by Gasteiger charge is -2.38. The average molecular weight is 294 g/mol. The van der Waals surface area contributed by atoms with Gasteiger partial charge in [0.25, 0.3) is 0 Å². The van der Waals surface area contributed by atoms with Gasteiger partial charge in [0.05, 0.1) is 10.7 Å². The Kier molecular flexibility index (Phi) is 4.40. The molecular weight excluding hydrogens is 268 g/mol. The van der Waals surface area contributed by atoms with Crippen molar-refractivity contribution in [2.75, 3.05) is 45.8 Å². The van der Waals surface area contributed by atoms with Gasteiger partial charge in [-0.05, 0) is 25.3 Å². The van der Waals surface area contributed by atoms with E-state index in [0.29, 0.717) is 5.41 Å². The molecule has 20 heavy (non-hydrogen) atoms. The van der Waals surface area contributed by atoms with Gasteiger partial charge in [-0.1, -0.05) is 6.92 Å². The Morgan fingerprint density at radius 3 is 2.65 bits per heavy atom. The number of nitrogens with zero attached hydrogens (tertiary/aromatic N) is 3. The van der Waals surface area contributed by atoms with Crippen LogP contribution in [0.1, 0.15) is 24.0 Å². The number of aryl methyl sites for hydroxylation is 1. The van der Waals surface area contributed by atoms with Crippen LogP contribution in [0, 0.1) is 12.3 Å². The first-order valence-electron chi connectivity index (χ1n) is 7.69. The summed E-state index contributed by atoms with van der Waals surface area (Å²) in [6.45, 7) is 13.9. The topological polar surface area (TPSA) is 31.4 Å². The Labute approximate surface area is 126 Å². The number of hydrogen-bond donors (Lipinski definition) is 1. The van der Waals surface area contributed by atoms with Gasteiger partial charge in [0, 0.05) is 51.2 Å². The average Bonchev–Trinajstić information content (AvgIpc) is 3.01. The van der Waals surface area contributed by atoms with Crippen molar-refractivity contribution >= 4 is 11.3 Å². The highest BCUT2D eigenvalue weighted by Crippen LogP contribution is 2.26. The summed E-state index contributed by atoms with van der Waals surface area (Å²) in [5.41, 5.74) is 1.74. The van der Waals surface area contributed by atoms with Gasteiger partial charge in [-0.25, -0.2) is 4.98 Å². The van der Waals surface area contributed by atoms with E-state index in [9.17, 15) is 0 Å². The number of hydrogen-bond acceptors (Lipinski definition) is 5. The molecule has 1 atom stereocenters. The fourth-order valence-electron chi connectivity index (χ4n) is 3.36. The molecule has 1 unspecified atom stereocenters. The van der Waals surface area contributed by atoms with Crippen LogP contribution >= 0.6 is 11.3 Å². The minimum absolute atomic E-state index is 0.494. The van der Waals surface area contributed by atoms with Crippen LogP contribution in [0.4, 0.5) is 0 Å². The van der Waals surface area contributed by atoms with E-state index in [1.54, 1.807) is 11.3 Å². The summed E-state index contributed by atoms with van der Waals surface area (Å²) < 4.78 is 0. The summed E-state index contributed by atoms with van der Waals surface area (Å²) in [7, 11) is 0. The van der Waals surface area contributed by atoms with Gasteiger partial charge in [0.15, 0.2) is 0 Å². The molecule has 0 spiro atoms. The monoisotopic (exact) mass is 294 g/mol. The maximum absolute atomic E-state index is 4.57. The molecule has 2 aliphatic heterocycles. The predicted octanol–water partition coefficient (Wildman–Crippen LogP) is 1.57. The lowest BCUT2D eigenvalue weighted by atomic mass is 9.89. The molecule has 2 fully saturated rings. The molecule has 5 heteroatoms. The predicted molar refractivity (Wildman–Crippen MR) is 84.2 cm³/mol. The van der Waals surface area contributed by atoms with Crippen molar-refractivity contribution in [2.24, 2.45) is 5.41 Å². The quantitative estimate of drug-likeness (QED) is 0.913. The van der Waals surface area contributed by atoms with Gasteiger partial charge in [-0.2, -0.15) is 0 Å². The van der Waals surface area contributed by atoms with Crippen molar-refractivity contribution in [1.82, 2.24) is 20.1 Å². The Balaban J connectivity index is 1.45. The Morgan fingerprint density at radius 1 is 1.30 bits per heavy atom. The summed E-state index contributed by atoms with van der Waals surface area (Å²) in [5.74, 6) is 0. The second-order valence-electron chi connectivity index (χ2n) is 6.65. The third kappa shape index (κ3) is 3.58. The molecule has 0 bridgehead atoms. The second-order valence-corrected chi connectivity index (χ2v) is 7.71. The second kappa shape index (κ2) is 6.10. The summed E-state index contributed by atoms with van der Waals surface area (Å²) >= 11 is 1.76. The van der Waals surface area contributed by atoms with Crippen LogP contribution in [0.25, 0.3) is 0 Å². The van der Waals surface area contributed by atoms with E-state index in [1.165, 1.54) is 62.9 Å². The van der Waals surface area contributed by atoms with Crippen LogP contribution in [0.5, 0.6) is 0 Å². The van der Waals surface area contributed by atoms with Crippen molar-refractivity contribution in [3.63, 3.8) is 0 Å². The Hall–Kier alpha value is -0.490. The van der Waals surface area contributed by atoms with Gasteiger partial charge >= 0.3 is 0 Å². The molecule has 1 N–H and O–H groups in total. The van der Waals surface area contributed by atoms with Crippen molar-refractivity contribution in [2.45, 2.75) is 26.8 Å².